The van der Waals surface area contributed by atoms with Crippen molar-refractivity contribution in [2.45, 2.75) is 51.5 Å². The van der Waals surface area contributed by atoms with Crippen LogP contribution in [-0.2, 0) is 16.1 Å². The monoisotopic (exact) mass is 394 g/mol. The third-order valence-electron chi connectivity index (χ3n) is 6.27. The second kappa shape index (κ2) is 9.25. The van der Waals surface area contributed by atoms with Crippen molar-refractivity contribution in [1.29, 1.82) is 0 Å². The molecular weight excluding hydrogens is 364 g/mol. The quantitative estimate of drug-likeness (QED) is 0.817. The first kappa shape index (κ1) is 19.7. The molecule has 2 amide bonds. The number of carbonyl (C=O) groups excluding carboxylic acids is 2. The standard InChI is InChI=1S/C23H30N4O2/c28-22-12-11-20(17-26(22)16-18-7-2-1-3-8-18)23(29)24-15-19-9-4-5-10-21(19)27-14-6-13-25-27/h4-6,9-10,13-14,18,20H,1-3,7-8,11-12,15-17H2,(H,24,29)/t20-/m1/s1. The highest BCUT2D eigenvalue weighted by Crippen LogP contribution is 2.27. The van der Waals surface area contributed by atoms with Gasteiger partial charge in [0.25, 0.3) is 0 Å². The van der Waals surface area contributed by atoms with Gasteiger partial charge in [0.15, 0.2) is 0 Å². The van der Waals surface area contributed by atoms with Gasteiger partial charge >= 0.3 is 0 Å². The second-order valence-electron chi connectivity index (χ2n) is 8.34. The van der Waals surface area contributed by atoms with Crippen LogP contribution in [0.3, 0.4) is 0 Å². The van der Waals surface area contributed by atoms with Crippen LogP contribution in [0.15, 0.2) is 42.7 Å². The number of nitrogens with zero attached hydrogens (tertiary/aromatic N) is 3. The van der Waals surface area contributed by atoms with E-state index in [9.17, 15) is 9.59 Å². The van der Waals surface area contributed by atoms with Crippen LogP contribution in [0, 0.1) is 11.8 Å². The zero-order valence-electron chi connectivity index (χ0n) is 16.9. The summed E-state index contributed by atoms with van der Waals surface area (Å²) >= 11 is 0. The Morgan fingerprint density at radius 1 is 1.10 bits per heavy atom. The minimum Gasteiger partial charge on any atom is -0.352 e. The molecule has 1 atom stereocenters. The van der Waals surface area contributed by atoms with Crippen LogP contribution in [0.4, 0.5) is 0 Å². The Bertz CT molecular complexity index is 827. The van der Waals surface area contributed by atoms with Crippen LogP contribution in [0.25, 0.3) is 5.69 Å². The van der Waals surface area contributed by atoms with Crippen molar-refractivity contribution < 1.29 is 9.59 Å². The molecule has 1 saturated carbocycles. The van der Waals surface area contributed by atoms with Crippen LogP contribution in [0.1, 0.15) is 50.5 Å². The van der Waals surface area contributed by atoms with Gasteiger partial charge in [-0.05, 0) is 42.9 Å². The Kier molecular flexibility index (Phi) is 6.27. The molecule has 1 aromatic carbocycles. The van der Waals surface area contributed by atoms with Crippen molar-refractivity contribution >= 4 is 11.8 Å². The van der Waals surface area contributed by atoms with Gasteiger partial charge in [-0.25, -0.2) is 4.68 Å². The smallest absolute Gasteiger partial charge is 0.225 e. The van der Waals surface area contributed by atoms with Gasteiger partial charge in [0.05, 0.1) is 11.6 Å². The summed E-state index contributed by atoms with van der Waals surface area (Å²) in [7, 11) is 0. The number of amides is 2. The summed E-state index contributed by atoms with van der Waals surface area (Å²) in [5, 5.41) is 7.39. The van der Waals surface area contributed by atoms with Gasteiger partial charge in [-0.1, -0.05) is 37.5 Å². The van der Waals surface area contributed by atoms with Crippen molar-refractivity contribution in [2.24, 2.45) is 11.8 Å². The number of rotatable bonds is 6. The maximum atomic E-state index is 12.8. The SMILES string of the molecule is O=C(NCc1ccccc1-n1cccn1)[C@@H]1CCC(=O)N(CC2CCCCC2)C1. The van der Waals surface area contributed by atoms with Gasteiger partial charge in [-0.15, -0.1) is 0 Å². The van der Waals surface area contributed by atoms with Crippen LogP contribution >= 0.6 is 0 Å². The Hall–Kier alpha value is -2.63. The maximum absolute atomic E-state index is 12.8. The number of carbonyl (C=O) groups is 2. The molecule has 1 aliphatic heterocycles. The zero-order valence-corrected chi connectivity index (χ0v) is 16.9. The summed E-state index contributed by atoms with van der Waals surface area (Å²) in [5.74, 6) is 0.744. The molecule has 6 nitrogen and oxygen atoms in total. The summed E-state index contributed by atoms with van der Waals surface area (Å²) < 4.78 is 1.81. The molecule has 1 saturated heterocycles. The molecule has 2 aliphatic rings. The Labute approximate surface area is 172 Å². The van der Waals surface area contributed by atoms with Crippen LogP contribution in [0.5, 0.6) is 0 Å². The fraction of sp³-hybridized carbons (Fsp3) is 0.522. The van der Waals surface area contributed by atoms with Crippen molar-refractivity contribution in [3.05, 3.63) is 48.3 Å². The van der Waals surface area contributed by atoms with E-state index in [0.717, 1.165) is 17.8 Å². The lowest BCUT2D eigenvalue weighted by Crippen LogP contribution is -2.47. The van der Waals surface area contributed by atoms with E-state index in [2.05, 4.69) is 10.4 Å². The lowest BCUT2D eigenvalue weighted by Gasteiger charge is -2.35. The van der Waals surface area contributed by atoms with E-state index in [1.165, 1.54) is 32.1 Å². The molecular formula is C23H30N4O2. The molecule has 4 rings (SSSR count). The minimum absolute atomic E-state index is 0.0430. The van der Waals surface area contributed by atoms with E-state index in [1.807, 2.05) is 46.1 Å². The number of likely N-dealkylation sites (tertiary alicyclic amines) is 1. The highest BCUT2D eigenvalue weighted by atomic mass is 16.2. The number of aromatic nitrogens is 2. The summed E-state index contributed by atoms with van der Waals surface area (Å²) in [6.45, 7) is 1.84. The Morgan fingerprint density at radius 2 is 1.93 bits per heavy atom. The molecule has 0 unspecified atom stereocenters. The van der Waals surface area contributed by atoms with Gasteiger partial charge in [0.2, 0.25) is 11.8 Å². The fourth-order valence-corrected chi connectivity index (χ4v) is 4.61. The molecule has 29 heavy (non-hydrogen) atoms. The second-order valence-corrected chi connectivity index (χ2v) is 8.34. The molecule has 2 fully saturated rings. The van der Waals surface area contributed by atoms with Crippen LogP contribution in [-0.4, -0.2) is 39.6 Å². The highest BCUT2D eigenvalue weighted by Gasteiger charge is 2.31. The third kappa shape index (κ3) is 4.86. The lowest BCUT2D eigenvalue weighted by atomic mass is 9.87. The number of para-hydroxylation sites is 1. The van der Waals surface area contributed by atoms with E-state index in [0.29, 0.717) is 31.8 Å². The van der Waals surface area contributed by atoms with Crippen molar-refractivity contribution in [3.8, 4) is 5.69 Å². The van der Waals surface area contributed by atoms with E-state index in [-0.39, 0.29) is 17.7 Å². The first-order valence-corrected chi connectivity index (χ1v) is 10.8. The fourth-order valence-electron chi connectivity index (χ4n) is 4.61. The van der Waals surface area contributed by atoms with Gasteiger partial charge in [-0.3, -0.25) is 9.59 Å². The van der Waals surface area contributed by atoms with Gasteiger partial charge in [0, 0.05) is 38.4 Å². The zero-order chi connectivity index (χ0) is 20.1. The average Bonchev–Trinajstić information content (AvgIpc) is 3.29. The van der Waals surface area contributed by atoms with E-state index in [1.54, 1.807) is 6.20 Å². The summed E-state index contributed by atoms with van der Waals surface area (Å²) in [6, 6.07) is 9.84. The predicted molar refractivity (Wildman–Crippen MR) is 111 cm³/mol. The first-order valence-electron chi connectivity index (χ1n) is 10.8. The average molecular weight is 395 g/mol. The Morgan fingerprint density at radius 3 is 2.72 bits per heavy atom. The summed E-state index contributed by atoms with van der Waals surface area (Å²) in [5.41, 5.74) is 1.99. The normalized spacial score (nSPS) is 20.6. The molecule has 0 spiro atoms. The third-order valence-corrected chi connectivity index (χ3v) is 6.27. The molecule has 1 aromatic heterocycles. The van der Waals surface area contributed by atoms with Crippen molar-refractivity contribution in [1.82, 2.24) is 20.0 Å². The number of piperidine rings is 1. The molecule has 0 bridgehead atoms. The van der Waals surface area contributed by atoms with Gasteiger partial charge < -0.3 is 10.2 Å². The molecule has 0 radical (unpaired) electrons. The van der Waals surface area contributed by atoms with Crippen LogP contribution < -0.4 is 5.32 Å². The van der Waals surface area contributed by atoms with Crippen molar-refractivity contribution in [3.63, 3.8) is 0 Å². The summed E-state index contributed by atoms with van der Waals surface area (Å²) in [6.07, 6.45) is 11.1. The number of benzene rings is 1. The first-order chi connectivity index (χ1) is 14.2. The number of hydrogen-bond acceptors (Lipinski definition) is 3. The number of hydrogen-bond donors (Lipinski definition) is 1. The number of nitrogens with one attached hydrogen (secondary N) is 1. The topological polar surface area (TPSA) is 67.2 Å². The van der Waals surface area contributed by atoms with E-state index < -0.39 is 0 Å². The molecule has 6 heteroatoms. The van der Waals surface area contributed by atoms with Crippen LogP contribution in [0.2, 0.25) is 0 Å². The molecule has 2 heterocycles. The van der Waals surface area contributed by atoms with Crippen molar-refractivity contribution in [2.75, 3.05) is 13.1 Å². The highest BCUT2D eigenvalue weighted by molar-refractivity contribution is 5.83. The largest absolute Gasteiger partial charge is 0.352 e. The molecule has 1 aliphatic carbocycles. The molecule has 1 N–H and O–H groups in total. The Balaban J connectivity index is 1.34. The van der Waals surface area contributed by atoms with Gasteiger partial charge in [-0.2, -0.15) is 5.10 Å². The molecule has 154 valence electrons. The predicted octanol–water partition coefficient (Wildman–Crippen LogP) is 3.31. The van der Waals surface area contributed by atoms with Gasteiger partial charge in [0.1, 0.15) is 0 Å². The maximum Gasteiger partial charge on any atom is 0.225 e. The summed E-state index contributed by atoms with van der Waals surface area (Å²) in [4.78, 5) is 27.2. The molecule has 2 aromatic rings. The van der Waals surface area contributed by atoms with E-state index >= 15 is 0 Å². The minimum atomic E-state index is -0.117. The van der Waals surface area contributed by atoms with E-state index in [4.69, 9.17) is 0 Å². The lowest BCUT2D eigenvalue weighted by molar-refractivity contribution is -0.139.